The number of aliphatic hydroxyl groups is 1. The van der Waals surface area contributed by atoms with E-state index in [1.807, 2.05) is 0 Å². The lowest BCUT2D eigenvalue weighted by Crippen LogP contribution is -2.44. The van der Waals surface area contributed by atoms with Crippen LogP contribution < -0.4 is 11.2 Å². The fourth-order valence-corrected chi connectivity index (χ4v) is 2.47. The molecule has 0 unspecified atom stereocenters. The number of nitrogens with zero attached hydrogens (tertiary/aromatic N) is 3. The van der Waals surface area contributed by atoms with E-state index in [4.69, 9.17) is 0 Å². The van der Waals surface area contributed by atoms with Crippen molar-refractivity contribution in [2.24, 2.45) is 0 Å². The Bertz CT molecular complexity index is 618. The van der Waals surface area contributed by atoms with Crippen LogP contribution in [0.3, 0.4) is 0 Å². The Kier molecular flexibility index (Phi) is 3.52. The summed E-state index contributed by atoms with van der Waals surface area (Å²) in [6, 6.07) is -0.669. The van der Waals surface area contributed by atoms with Crippen LogP contribution in [0, 0.1) is 10.1 Å². The smallest absolute Gasteiger partial charge is 0.350 e. The van der Waals surface area contributed by atoms with E-state index in [9.17, 15) is 24.8 Å². The zero-order valence-electron chi connectivity index (χ0n) is 10.5. The third-order valence-electron chi connectivity index (χ3n) is 3.48. The average Bonchev–Trinajstić information content (AvgIpc) is 2.76. The maximum atomic E-state index is 12.1. The molecule has 8 nitrogen and oxygen atoms in total. The summed E-state index contributed by atoms with van der Waals surface area (Å²) >= 11 is 0. The van der Waals surface area contributed by atoms with Crippen LogP contribution in [0.4, 0.5) is 5.69 Å². The highest BCUT2D eigenvalue weighted by Crippen LogP contribution is 2.28. The topological polar surface area (TPSA) is 107 Å². The summed E-state index contributed by atoms with van der Waals surface area (Å²) in [5.41, 5.74) is -2.18. The summed E-state index contributed by atoms with van der Waals surface area (Å²) in [5.74, 6) is 0. The summed E-state index contributed by atoms with van der Waals surface area (Å²) in [6.07, 6.45) is 1.81. The van der Waals surface area contributed by atoms with Gasteiger partial charge in [0, 0.05) is 6.54 Å². The molecule has 1 aliphatic rings. The quantitative estimate of drug-likeness (QED) is 0.615. The molecule has 19 heavy (non-hydrogen) atoms. The van der Waals surface area contributed by atoms with Crippen LogP contribution in [0.2, 0.25) is 0 Å². The third-order valence-corrected chi connectivity index (χ3v) is 3.48. The van der Waals surface area contributed by atoms with Gasteiger partial charge in [0.2, 0.25) is 0 Å². The van der Waals surface area contributed by atoms with Gasteiger partial charge in [0.05, 0.1) is 23.3 Å². The van der Waals surface area contributed by atoms with Crippen molar-refractivity contribution < 1.29 is 10.0 Å². The predicted molar refractivity (Wildman–Crippen MR) is 66.2 cm³/mol. The molecule has 1 aromatic rings. The predicted octanol–water partition coefficient (Wildman–Crippen LogP) is 0.0240. The molecule has 0 spiro atoms. The molecule has 0 aliphatic heterocycles. The number of nitro groups is 1. The van der Waals surface area contributed by atoms with E-state index in [1.165, 1.54) is 0 Å². The molecule has 0 amide bonds. The zero-order valence-corrected chi connectivity index (χ0v) is 10.5. The maximum absolute atomic E-state index is 12.1. The summed E-state index contributed by atoms with van der Waals surface area (Å²) in [4.78, 5) is 34.2. The molecule has 1 heterocycles. The second-order valence-corrected chi connectivity index (χ2v) is 4.58. The van der Waals surface area contributed by atoms with Crippen molar-refractivity contribution in [3.63, 3.8) is 0 Å². The molecule has 1 N–H and O–H groups in total. The first-order valence-electron chi connectivity index (χ1n) is 6.15. The summed E-state index contributed by atoms with van der Waals surface area (Å²) in [6.45, 7) is 1.88. The van der Waals surface area contributed by atoms with Gasteiger partial charge in [-0.1, -0.05) is 0 Å². The molecule has 0 aromatic carbocycles. The highest BCUT2D eigenvalue weighted by atomic mass is 16.6. The van der Waals surface area contributed by atoms with E-state index < -0.39 is 34.0 Å². The second kappa shape index (κ2) is 4.96. The van der Waals surface area contributed by atoms with Crippen LogP contribution in [0.25, 0.3) is 0 Å². The molecular formula is C11H15N3O5. The van der Waals surface area contributed by atoms with Crippen LogP contribution in [0.5, 0.6) is 0 Å². The Morgan fingerprint density at radius 2 is 2.16 bits per heavy atom. The molecule has 0 bridgehead atoms. The maximum Gasteiger partial charge on any atom is 0.350 e. The number of hydrogen-bond acceptors (Lipinski definition) is 5. The molecule has 1 aromatic heterocycles. The van der Waals surface area contributed by atoms with Crippen molar-refractivity contribution in [2.45, 2.75) is 44.9 Å². The van der Waals surface area contributed by atoms with E-state index in [0.717, 1.165) is 15.3 Å². The van der Waals surface area contributed by atoms with Crippen LogP contribution in [-0.2, 0) is 6.54 Å². The fourth-order valence-electron chi connectivity index (χ4n) is 2.47. The summed E-state index contributed by atoms with van der Waals surface area (Å²) < 4.78 is 1.95. The zero-order chi connectivity index (χ0) is 14.2. The summed E-state index contributed by atoms with van der Waals surface area (Å²) in [5, 5.41) is 20.7. The Labute approximate surface area is 108 Å². The van der Waals surface area contributed by atoms with E-state index >= 15 is 0 Å². The Balaban J connectivity index is 2.71. The van der Waals surface area contributed by atoms with Gasteiger partial charge in [-0.2, -0.15) is 0 Å². The first kappa shape index (κ1) is 13.5. The standard InChI is InChI=1S/C11H15N3O5/c1-2-12-6-8(14(18)19)10(16)13(11(12)17)7-4-3-5-9(7)15/h6-7,9,15H,2-5H2,1H3/t7-,9-/m0/s1. The van der Waals surface area contributed by atoms with Gasteiger partial charge in [0.25, 0.3) is 0 Å². The van der Waals surface area contributed by atoms with Crippen LogP contribution in [0.15, 0.2) is 15.8 Å². The lowest BCUT2D eigenvalue weighted by molar-refractivity contribution is -0.387. The Morgan fingerprint density at radius 3 is 2.63 bits per heavy atom. The van der Waals surface area contributed by atoms with Crippen LogP contribution in [-0.4, -0.2) is 25.3 Å². The third kappa shape index (κ3) is 2.19. The SMILES string of the molecule is CCn1cc([N+](=O)[O-])c(=O)n([C@H]2CCC[C@@H]2O)c1=O. The van der Waals surface area contributed by atoms with Gasteiger partial charge >= 0.3 is 16.9 Å². The first-order chi connectivity index (χ1) is 8.97. The summed E-state index contributed by atoms with van der Waals surface area (Å²) in [7, 11) is 0. The minimum absolute atomic E-state index is 0.225. The van der Waals surface area contributed by atoms with Crippen LogP contribution >= 0.6 is 0 Å². The lowest BCUT2D eigenvalue weighted by Gasteiger charge is -2.17. The lowest BCUT2D eigenvalue weighted by atomic mass is 10.2. The number of aliphatic hydroxyl groups excluding tert-OH is 1. The minimum Gasteiger partial charge on any atom is -0.391 e. The molecule has 104 valence electrons. The van der Waals surface area contributed by atoms with E-state index in [0.29, 0.717) is 19.3 Å². The molecule has 1 fully saturated rings. The number of rotatable bonds is 3. The highest BCUT2D eigenvalue weighted by molar-refractivity contribution is 5.22. The van der Waals surface area contributed by atoms with Gasteiger partial charge < -0.3 is 5.11 Å². The largest absolute Gasteiger partial charge is 0.391 e. The van der Waals surface area contributed by atoms with Gasteiger partial charge in [0.15, 0.2) is 0 Å². The molecule has 2 rings (SSSR count). The second-order valence-electron chi connectivity index (χ2n) is 4.58. The molecule has 0 saturated heterocycles. The van der Waals surface area contributed by atoms with Gasteiger partial charge in [-0.05, 0) is 26.2 Å². The van der Waals surface area contributed by atoms with E-state index in [2.05, 4.69) is 0 Å². The Morgan fingerprint density at radius 1 is 1.47 bits per heavy atom. The molecule has 0 radical (unpaired) electrons. The van der Waals surface area contributed by atoms with Crippen molar-refractivity contribution >= 4 is 5.69 Å². The van der Waals surface area contributed by atoms with E-state index in [1.54, 1.807) is 6.92 Å². The van der Waals surface area contributed by atoms with Crippen molar-refractivity contribution in [1.82, 2.24) is 9.13 Å². The number of aryl methyl sites for hydroxylation is 1. The Hall–Kier alpha value is -1.96. The van der Waals surface area contributed by atoms with Gasteiger partial charge in [-0.15, -0.1) is 0 Å². The van der Waals surface area contributed by atoms with Crippen molar-refractivity contribution in [1.29, 1.82) is 0 Å². The fraction of sp³-hybridized carbons (Fsp3) is 0.636. The normalized spacial score (nSPS) is 22.6. The first-order valence-corrected chi connectivity index (χ1v) is 6.15. The monoisotopic (exact) mass is 269 g/mol. The number of hydrogen-bond donors (Lipinski definition) is 1. The van der Waals surface area contributed by atoms with Crippen LogP contribution in [0.1, 0.15) is 32.2 Å². The van der Waals surface area contributed by atoms with Gasteiger partial charge in [-0.25, -0.2) is 9.36 Å². The average molecular weight is 269 g/mol. The highest BCUT2D eigenvalue weighted by Gasteiger charge is 2.32. The molecule has 8 heteroatoms. The molecule has 1 saturated carbocycles. The number of aromatic nitrogens is 2. The molecule has 2 atom stereocenters. The molecule has 1 aliphatic carbocycles. The van der Waals surface area contributed by atoms with E-state index in [-0.39, 0.29) is 6.54 Å². The molecular weight excluding hydrogens is 254 g/mol. The van der Waals surface area contributed by atoms with Crippen molar-refractivity contribution in [3.05, 3.63) is 37.1 Å². The van der Waals surface area contributed by atoms with Crippen molar-refractivity contribution in [2.75, 3.05) is 0 Å². The minimum atomic E-state index is -0.939. The van der Waals surface area contributed by atoms with Gasteiger partial charge in [-0.3, -0.25) is 19.5 Å². The van der Waals surface area contributed by atoms with Crippen molar-refractivity contribution in [3.8, 4) is 0 Å². The van der Waals surface area contributed by atoms with Gasteiger partial charge in [0.1, 0.15) is 0 Å².